The van der Waals surface area contributed by atoms with Gasteiger partial charge in [-0.15, -0.1) is 0 Å². The molecule has 0 aliphatic carbocycles. The van der Waals surface area contributed by atoms with E-state index in [0.29, 0.717) is 13.1 Å². The molecule has 2 rings (SSSR count). The average Bonchev–Trinajstić information content (AvgIpc) is 3.10. The normalized spacial score (nSPS) is 17.6. The fraction of sp³-hybridized carbons (Fsp3) is 0.500. The van der Waals surface area contributed by atoms with Crippen molar-refractivity contribution in [2.75, 3.05) is 13.1 Å². The first-order valence-electron chi connectivity index (χ1n) is 6.54. The summed E-state index contributed by atoms with van der Waals surface area (Å²) in [6.07, 6.45) is 2.90. The van der Waals surface area contributed by atoms with Crippen LogP contribution < -0.4 is 5.32 Å². The van der Waals surface area contributed by atoms with Crippen molar-refractivity contribution in [3.8, 4) is 0 Å². The minimum Gasteiger partial charge on any atom is -0.480 e. The second-order valence-electron chi connectivity index (χ2n) is 4.89. The maximum atomic E-state index is 12.3. The maximum Gasteiger partial charge on any atom is 0.325 e. The van der Waals surface area contributed by atoms with Gasteiger partial charge in [-0.25, -0.2) is 8.42 Å². The minimum absolute atomic E-state index is 0.0116. The van der Waals surface area contributed by atoms with Crippen molar-refractivity contribution < 1.29 is 23.1 Å². The zero-order valence-corrected chi connectivity index (χ0v) is 12.3. The first-order valence-corrected chi connectivity index (χ1v) is 7.98. The molecular weight excluding hydrogens is 298 g/mol. The van der Waals surface area contributed by atoms with Crippen LogP contribution in [0.5, 0.6) is 0 Å². The summed E-state index contributed by atoms with van der Waals surface area (Å²) in [5.74, 6) is -1.83. The molecule has 116 valence electrons. The van der Waals surface area contributed by atoms with Crippen LogP contribution in [-0.4, -0.2) is 53.8 Å². The molecule has 2 heterocycles. The Morgan fingerprint density at radius 2 is 2.00 bits per heavy atom. The second kappa shape index (κ2) is 5.86. The molecule has 0 radical (unpaired) electrons. The van der Waals surface area contributed by atoms with E-state index in [0.717, 1.165) is 12.8 Å². The number of nitrogens with zero attached hydrogens (tertiary/aromatic N) is 1. The van der Waals surface area contributed by atoms with Crippen molar-refractivity contribution in [1.29, 1.82) is 0 Å². The van der Waals surface area contributed by atoms with E-state index in [4.69, 9.17) is 5.11 Å². The van der Waals surface area contributed by atoms with Crippen molar-refractivity contribution >= 4 is 21.9 Å². The van der Waals surface area contributed by atoms with Crippen molar-refractivity contribution in [2.24, 2.45) is 0 Å². The van der Waals surface area contributed by atoms with Crippen LogP contribution in [-0.2, 0) is 14.8 Å². The molecule has 1 amide bonds. The SMILES string of the molecule is C[C@H](NC(=O)c1cc(S(=O)(=O)N2CCCC2)c[nH]1)C(=O)O. The number of hydrogen-bond donors (Lipinski definition) is 3. The third-order valence-electron chi connectivity index (χ3n) is 3.32. The van der Waals surface area contributed by atoms with Gasteiger partial charge in [0.25, 0.3) is 5.91 Å². The standard InChI is InChI=1S/C12H17N3O5S/c1-8(12(17)18)14-11(16)10-6-9(7-13-10)21(19,20)15-4-2-3-5-15/h6-8,13H,2-5H2,1H3,(H,14,16)(H,17,18)/t8-/m0/s1. The summed E-state index contributed by atoms with van der Waals surface area (Å²) in [6.45, 7) is 2.28. The molecule has 9 heteroatoms. The number of rotatable bonds is 5. The Balaban J connectivity index is 2.14. The summed E-state index contributed by atoms with van der Waals surface area (Å²) >= 11 is 0. The highest BCUT2D eigenvalue weighted by Crippen LogP contribution is 2.21. The largest absolute Gasteiger partial charge is 0.480 e. The Kier molecular flexibility index (Phi) is 4.33. The lowest BCUT2D eigenvalue weighted by Gasteiger charge is -2.13. The molecule has 0 spiro atoms. The van der Waals surface area contributed by atoms with E-state index in [1.807, 2.05) is 0 Å². The molecule has 1 aromatic rings. The molecule has 21 heavy (non-hydrogen) atoms. The topological polar surface area (TPSA) is 120 Å². The number of H-pyrrole nitrogens is 1. The van der Waals surface area contributed by atoms with Crippen LogP contribution in [0.15, 0.2) is 17.2 Å². The number of carbonyl (C=O) groups is 2. The van der Waals surface area contributed by atoms with Gasteiger partial charge in [0.05, 0.1) is 0 Å². The summed E-state index contributed by atoms with van der Waals surface area (Å²) in [5, 5.41) is 11.0. The van der Waals surface area contributed by atoms with E-state index in [-0.39, 0.29) is 10.6 Å². The predicted octanol–water partition coefficient (Wildman–Crippen LogP) is 0.00210. The van der Waals surface area contributed by atoms with Crippen LogP contribution in [0.1, 0.15) is 30.3 Å². The number of aromatic nitrogens is 1. The van der Waals surface area contributed by atoms with E-state index in [1.165, 1.54) is 23.5 Å². The smallest absolute Gasteiger partial charge is 0.325 e. The fourth-order valence-electron chi connectivity index (χ4n) is 2.07. The molecular formula is C12H17N3O5S. The van der Waals surface area contributed by atoms with E-state index in [2.05, 4.69) is 10.3 Å². The average molecular weight is 315 g/mol. The summed E-state index contributed by atoms with van der Waals surface area (Å²) in [7, 11) is -3.59. The van der Waals surface area contributed by atoms with Crippen LogP contribution in [0.4, 0.5) is 0 Å². The molecule has 1 saturated heterocycles. The monoisotopic (exact) mass is 315 g/mol. The maximum absolute atomic E-state index is 12.3. The first kappa shape index (κ1) is 15.5. The van der Waals surface area contributed by atoms with Crippen LogP contribution in [0.25, 0.3) is 0 Å². The molecule has 1 atom stereocenters. The number of aromatic amines is 1. The van der Waals surface area contributed by atoms with E-state index < -0.39 is 27.9 Å². The zero-order valence-electron chi connectivity index (χ0n) is 11.5. The van der Waals surface area contributed by atoms with Crippen LogP contribution >= 0.6 is 0 Å². The Morgan fingerprint density at radius 1 is 1.38 bits per heavy atom. The molecule has 0 aromatic carbocycles. The summed E-state index contributed by atoms with van der Waals surface area (Å²) in [4.78, 5) is 25.1. The van der Waals surface area contributed by atoms with Crippen molar-refractivity contribution in [1.82, 2.24) is 14.6 Å². The Labute approximate surface area is 122 Å². The molecule has 0 unspecified atom stereocenters. The van der Waals surface area contributed by atoms with Gasteiger partial charge in [-0.2, -0.15) is 4.31 Å². The molecule has 3 N–H and O–H groups in total. The quantitative estimate of drug-likeness (QED) is 0.706. The number of hydrogen-bond acceptors (Lipinski definition) is 4. The summed E-state index contributed by atoms with van der Waals surface area (Å²) in [5.41, 5.74) is 0.0147. The lowest BCUT2D eigenvalue weighted by molar-refractivity contribution is -0.138. The van der Waals surface area contributed by atoms with Gasteiger partial charge in [0.15, 0.2) is 0 Å². The van der Waals surface area contributed by atoms with Crippen molar-refractivity contribution in [2.45, 2.75) is 30.7 Å². The van der Waals surface area contributed by atoms with Gasteiger partial charge in [-0.05, 0) is 25.8 Å². The number of aliphatic carboxylic acids is 1. The summed E-state index contributed by atoms with van der Waals surface area (Å²) in [6, 6.07) is 0.164. The predicted molar refractivity (Wildman–Crippen MR) is 73.3 cm³/mol. The fourth-order valence-corrected chi connectivity index (χ4v) is 3.58. The van der Waals surface area contributed by atoms with Gasteiger partial charge in [-0.1, -0.05) is 0 Å². The van der Waals surface area contributed by atoms with E-state index in [1.54, 1.807) is 0 Å². The van der Waals surface area contributed by atoms with Gasteiger partial charge in [-0.3, -0.25) is 9.59 Å². The number of nitrogens with one attached hydrogen (secondary N) is 2. The number of carboxylic acids is 1. The number of carboxylic acid groups (broad SMARTS) is 1. The zero-order chi connectivity index (χ0) is 15.6. The van der Waals surface area contributed by atoms with Crippen molar-refractivity contribution in [3.63, 3.8) is 0 Å². The third-order valence-corrected chi connectivity index (χ3v) is 5.20. The van der Waals surface area contributed by atoms with Crippen LogP contribution in [0.2, 0.25) is 0 Å². The van der Waals surface area contributed by atoms with E-state index >= 15 is 0 Å². The Hall–Kier alpha value is -1.87. The van der Waals surface area contributed by atoms with Gasteiger partial charge in [0, 0.05) is 19.3 Å². The lowest BCUT2D eigenvalue weighted by Crippen LogP contribution is -2.38. The third kappa shape index (κ3) is 3.24. The minimum atomic E-state index is -3.59. The van der Waals surface area contributed by atoms with Gasteiger partial charge >= 0.3 is 5.97 Å². The Morgan fingerprint density at radius 3 is 2.57 bits per heavy atom. The van der Waals surface area contributed by atoms with Crippen LogP contribution in [0.3, 0.4) is 0 Å². The van der Waals surface area contributed by atoms with E-state index in [9.17, 15) is 18.0 Å². The molecule has 1 aromatic heterocycles. The summed E-state index contributed by atoms with van der Waals surface area (Å²) < 4.78 is 25.9. The highest BCUT2D eigenvalue weighted by molar-refractivity contribution is 7.89. The highest BCUT2D eigenvalue weighted by atomic mass is 32.2. The molecule has 1 fully saturated rings. The van der Waals surface area contributed by atoms with Crippen molar-refractivity contribution in [3.05, 3.63) is 18.0 Å². The molecule has 1 aliphatic heterocycles. The molecule has 0 bridgehead atoms. The number of carbonyl (C=O) groups excluding carboxylic acids is 1. The lowest BCUT2D eigenvalue weighted by atomic mass is 10.3. The second-order valence-corrected chi connectivity index (χ2v) is 6.83. The number of sulfonamides is 1. The van der Waals surface area contributed by atoms with Gasteiger partial charge < -0.3 is 15.4 Å². The van der Waals surface area contributed by atoms with Crippen LogP contribution in [0, 0.1) is 0 Å². The van der Waals surface area contributed by atoms with Gasteiger partial charge in [0.1, 0.15) is 16.6 Å². The molecule has 0 saturated carbocycles. The number of amides is 1. The first-order chi connectivity index (χ1) is 9.82. The molecule has 8 nitrogen and oxygen atoms in total. The highest BCUT2D eigenvalue weighted by Gasteiger charge is 2.28. The molecule has 1 aliphatic rings. The Bertz CT molecular complexity index is 646. The van der Waals surface area contributed by atoms with Gasteiger partial charge in [0.2, 0.25) is 10.0 Å².